The molecule has 1 aromatic heterocycles. The quantitative estimate of drug-likeness (QED) is 0.659. The SMILES string of the molecule is COC(=O)CN(C)c1nnc(C)c(C)n1. The Kier molecular flexibility index (Phi) is 3.54. The van der Waals surface area contributed by atoms with Crippen molar-refractivity contribution in [1.29, 1.82) is 0 Å². The van der Waals surface area contributed by atoms with Crippen LogP contribution in [0.2, 0.25) is 0 Å². The van der Waals surface area contributed by atoms with Gasteiger partial charge in [0.1, 0.15) is 6.54 Å². The van der Waals surface area contributed by atoms with Crippen molar-refractivity contribution in [2.75, 3.05) is 25.6 Å². The Morgan fingerprint density at radius 3 is 2.53 bits per heavy atom. The van der Waals surface area contributed by atoms with Crippen molar-refractivity contribution >= 4 is 11.9 Å². The van der Waals surface area contributed by atoms with E-state index in [1.165, 1.54) is 7.11 Å². The number of aryl methyl sites for hydroxylation is 2. The van der Waals surface area contributed by atoms with Gasteiger partial charge in [-0.2, -0.15) is 5.10 Å². The van der Waals surface area contributed by atoms with Gasteiger partial charge in [0.25, 0.3) is 0 Å². The van der Waals surface area contributed by atoms with Gasteiger partial charge in [-0.1, -0.05) is 0 Å². The van der Waals surface area contributed by atoms with Crippen molar-refractivity contribution in [3.63, 3.8) is 0 Å². The van der Waals surface area contributed by atoms with Gasteiger partial charge in [-0.05, 0) is 13.8 Å². The highest BCUT2D eigenvalue weighted by Gasteiger charge is 2.11. The van der Waals surface area contributed by atoms with Gasteiger partial charge in [0, 0.05) is 7.05 Å². The Hall–Kier alpha value is -1.72. The van der Waals surface area contributed by atoms with Crippen molar-refractivity contribution in [1.82, 2.24) is 15.2 Å². The molecular weight excluding hydrogens is 196 g/mol. The second-order valence-electron chi connectivity index (χ2n) is 3.21. The number of methoxy groups -OCH3 is 1. The number of hydrogen-bond acceptors (Lipinski definition) is 6. The highest BCUT2D eigenvalue weighted by Crippen LogP contribution is 2.05. The fourth-order valence-corrected chi connectivity index (χ4v) is 0.936. The first-order chi connectivity index (χ1) is 7.04. The van der Waals surface area contributed by atoms with Gasteiger partial charge in [-0.15, -0.1) is 5.10 Å². The second-order valence-corrected chi connectivity index (χ2v) is 3.21. The number of rotatable bonds is 3. The second kappa shape index (κ2) is 4.68. The molecule has 6 heteroatoms. The zero-order valence-corrected chi connectivity index (χ0v) is 9.31. The van der Waals surface area contributed by atoms with Gasteiger partial charge in [0.15, 0.2) is 0 Å². The Bertz CT molecular complexity index is 367. The molecule has 1 rings (SSSR count). The van der Waals surface area contributed by atoms with Crippen LogP contribution >= 0.6 is 0 Å². The summed E-state index contributed by atoms with van der Waals surface area (Å²) in [6.07, 6.45) is 0. The summed E-state index contributed by atoms with van der Waals surface area (Å²) >= 11 is 0. The van der Waals surface area contributed by atoms with E-state index in [2.05, 4.69) is 19.9 Å². The van der Waals surface area contributed by atoms with Gasteiger partial charge in [0.2, 0.25) is 5.95 Å². The van der Waals surface area contributed by atoms with Crippen LogP contribution in [0, 0.1) is 13.8 Å². The lowest BCUT2D eigenvalue weighted by molar-refractivity contribution is -0.138. The summed E-state index contributed by atoms with van der Waals surface area (Å²) in [6.45, 7) is 3.79. The van der Waals surface area contributed by atoms with E-state index in [1.807, 2.05) is 13.8 Å². The molecular formula is C9H14N4O2. The fourth-order valence-electron chi connectivity index (χ4n) is 0.936. The third-order valence-corrected chi connectivity index (χ3v) is 2.02. The van der Waals surface area contributed by atoms with Crippen molar-refractivity contribution in [2.24, 2.45) is 0 Å². The summed E-state index contributed by atoms with van der Waals surface area (Å²) in [6, 6.07) is 0. The molecule has 1 heterocycles. The van der Waals surface area contributed by atoms with Crippen LogP contribution in [-0.2, 0) is 9.53 Å². The lowest BCUT2D eigenvalue weighted by Gasteiger charge is -2.14. The summed E-state index contributed by atoms with van der Waals surface area (Å²) in [5, 5.41) is 7.81. The number of aromatic nitrogens is 3. The van der Waals surface area contributed by atoms with E-state index in [-0.39, 0.29) is 12.5 Å². The van der Waals surface area contributed by atoms with Crippen molar-refractivity contribution in [3.05, 3.63) is 11.4 Å². The lowest BCUT2D eigenvalue weighted by Crippen LogP contribution is -2.28. The maximum Gasteiger partial charge on any atom is 0.325 e. The van der Waals surface area contributed by atoms with Crippen LogP contribution in [0.25, 0.3) is 0 Å². The molecule has 15 heavy (non-hydrogen) atoms. The monoisotopic (exact) mass is 210 g/mol. The molecule has 0 atom stereocenters. The summed E-state index contributed by atoms with van der Waals surface area (Å²) in [7, 11) is 3.05. The van der Waals surface area contributed by atoms with Crippen LogP contribution in [0.4, 0.5) is 5.95 Å². The van der Waals surface area contributed by atoms with Crippen LogP contribution in [-0.4, -0.2) is 41.9 Å². The van der Waals surface area contributed by atoms with Crippen LogP contribution in [0.15, 0.2) is 0 Å². The van der Waals surface area contributed by atoms with Gasteiger partial charge in [0.05, 0.1) is 18.5 Å². The fraction of sp³-hybridized carbons (Fsp3) is 0.556. The number of likely N-dealkylation sites (N-methyl/N-ethyl adjacent to an activating group) is 1. The minimum atomic E-state index is -0.334. The normalized spacial score (nSPS) is 9.87. The minimum absolute atomic E-state index is 0.112. The van der Waals surface area contributed by atoms with E-state index in [1.54, 1.807) is 11.9 Å². The average molecular weight is 210 g/mol. The number of esters is 1. The summed E-state index contributed by atoms with van der Waals surface area (Å²) in [5.41, 5.74) is 1.59. The summed E-state index contributed by atoms with van der Waals surface area (Å²) < 4.78 is 4.54. The van der Waals surface area contributed by atoms with E-state index in [0.717, 1.165) is 11.4 Å². The molecule has 0 saturated carbocycles. The molecule has 0 aliphatic carbocycles. The van der Waals surface area contributed by atoms with Crippen molar-refractivity contribution in [3.8, 4) is 0 Å². The Morgan fingerprint density at radius 2 is 2.00 bits per heavy atom. The molecule has 0 radical (unpaired) electrons. The molecule has 0 aliphatic heterocycles. The molecule has 0 N–H and O–H groups in total. The minimum Gasteiger partial charge on any atom is -0.468 e. The van der Waals surface area contributed by atoms with Crippen LogP contribution < -0.4 is 4.90 Å². The molecule has 0 unspecified atom stereocenters. The Labute approximate surface area is 88.3 Å². The number of anilines is 1. The maximum atomic E-state index is 11.0. The number of carbonyl (C=O) groups excluding carboxylic acids is 1. The molecule has 1 aromatic rings. The zero-order chi connectivity index (χ0) is 11.4. The molecule has 0 spiro atoms. The first-order valence-corrected chi connectivity index (χ1v) is 4.50. The van der Waals surface area contributed by atoms with E-state index in [0.29, 0.717) is 5.95 Å². The highest BCUT2D eigenvalue weighted by molar-refractivity contribution is 5.74. The molecule has 0 fully saturated rings. The van der Waals surface area contributed by atoms with E-state index >= 15 is 0 Å². The summed E-state index contributed by atoms with van der Waals surface area (Å²) in [5.74, 6) is 0.0860. The highest BCUT2D eigenvalue weighted by atomic mass is 16.5. The molecule has 0 bridgehead atoms. The van der Waals surface area contributed by atoms with Crippen LogP contribution in [0.3, 0.4) is 0 Å². The zero-order valence-electron chi connectivity index (χ0n) is 9.31. The Morgan fingerprint density at radius 1 is 1.33 bits per heavy atom. The number of ether oxygens (including phenoxy) is 1. The predicted octanol–water partition coefficient (Wildman–Crippen LogP) is 0.0976. The number of nitrogens with zero attached hydrogens (tertiary/aromatic N) is 4. The van der Waals surface area contributed by atoms with E-state index in [9.17, 15) is 4.79 Å². The molecule has 82 valence electrons. The molecule has 0 saturated heterocycles. The smallest absolute Gasteiger partial charge is 0.325 e. The topological polar surface area (TPSA) is 68.2 Å². The predicted molar refractivity (Wildman–Crippen MR) is 54.6 cm³/mol. The molecule has 6 nitrogen and oxygen atoms in total. The maximum absolute atomic E-state index is 11.0. The average Bonchev–Trinajstić information content (AvgIpc) is 2.21. The van der Waals surface area contributed by atoms with E-state index < -0.39 is 0 Å². The van der Waals surface area contributed by atoms with Gasteiger partial charge >= 0.3 is 5.97 Å². The Balaban J connectivity index is 2.78. The molecule has 0 aliphatic rings. The van der Waals surface area contributed by atoms with Gasteiger partial charge < -0.3 is 9.64 Å². The van der Waals surface area contributed by atoms with Crippen molar-refractivity contribution in [2.45, 2.75) is 13.8 Å². The van der Waals surface area contributed by atoms with Gasteiger partial charge in [-0.3, -0.25) is 4.79 Å². The van der Waals surface area contributed by atoms with Gasteiger partial charge in [-0.25, -0.2) is 4.98 Å². The molecule has 0 aromatic carbocycles. The standard InChI is InChI=1S/C9H14N4O2/c1-6-7(2)11-12-9(10-6)13(3)5-8(14)15-4/h5H2,1-4H3. The van der Waals surface area contributed by atoms with Crippen LogP contribution in [0.1, 0.15) is 11.4 Å². The largest absolute Gasteiger partial charge is 0.468 e. The number of hydrogen-bond donors (Lipinski definition) is 0. The lowest BCUT2D eigenvalue weighted by atomic mass is 10.4. The number of carbonyl (C=O) groups is 1. The van der Waals surface area contributed by atoms with Crippen molar-refractivity contribution < 1.29 is 9.53 Å². The molecule has 0 amide bonds. The summed E-state index contributed by atoms with van der Waals surface area (Å²) in [4.78, 5) is 16.8. The first kappa shape index (κ1) is 11.4. The third-order valence-electron chi connectivity index (χ3n) is 2.02. The van der Waals surface area contributed by atoms with Crippen LogP contribution in [0.5, 0.6) is 0 Å². The third kappa shape index (κ3) is 2.87. The first-order valence-electron chi connectivity index (χ1n) is 4.50. The van der Waals surface area contributed by atoms with E-state index in [4.69, 9.17) is 0 Å².